The summed E-state index contributed by atoms with van der Waals surface area (Å²) in [4.78, 5) is 10.7. The number of carboxylic acids is 1. The van der Waals surface area contributed by atoms with Crippen molar-refractivity contribution in [1.29, 1.82) is 0 Å². The van der Waals surface area contributed by atoms with Gasteiger partial charge in [-0.1, -0.05) is 57.6 Å². The van der Waals surface area contributed by atoms with Gasteiger partial charge in [-0.25, -0.2) is 4.79 Å². The van der Waals surface area contributed by atoms with Gasteiger partial charge in [0.25, 0.3) is 0 Å². The fourth-order valence-corrected chi connectivity index (χ4v) is 7.31. The van der Waals surface area contributed by atoms with Gasteiger partial charge >= 0.3 is 5.97 Å². The lowest BCUT2D eigenvalue weighted by Crippen LogP contribution is -2.43. The van der Waals surface area contributed by atoms with Gasteiger partial charge in [0, 0.05) is 50.9 Å². The number of hydrogen-bond donors (Lipinski definition) is 6. The zero-order valence-corrected chi connectivity index (χ0v) is 31.6. The van der Waals surface area contributed by atoms with Crippen molar-refractivity contribution in [3.05, 3.63) is 36.0 Å². The number of aliphatic carboxylic acids is 1. The van der Waals surface area contributed by atoms with Crippen molar-refractivity contribution in [3.8, 4) is 0 Å². The Labute approximate surface area is 300 Å². The summed E-state index contributed by atoms with van der Waals surface area (Å²) in [5.41, 5.74) is 0.753. The summed E-state index contributed by atoms with van der Waals surface area (Å²) in [7, 11) is 3.32. The largest absolute Gasteiger partial charge is 0.478 e. The molecule has 2 heterocycles. The van der Waals surface area contributed by atoms with Gasteiger partial charge in [0.2, 0.25) is 0 Å². The van der Waals surface area contributed by atoms with E-state index in [1.54, 1.807) is 41.1 Å². The average Bonchev–Trinajstić information content (AvgIpc) is 3.09. The molecule has 0 saturated carbocycles. The molecule has 0 aromatic carbocycles. The average molecular weight is 713 g/mol. The number of aliphatic hydroxyl groups excluding tert-OH is 5. The standard InChI is InChI=1S/C39H68O11/c1-23(13-17-37(43)44)12-15-29(40)19-30-10-9-11-31(50-30)21-36(48-8)26(4)34(41)22-35(42)27(5)39(46)28(6)38(45)24(2)14-16-32-20-33(47-7)18-25(3)49-32/h9-10,12-13,17,24-36,38-42,45-46H,11,14-16,18-22H2,1-8H3,(H,43,44)/b17-13+,23-12+/t24-,25-,26-,27-,28-,29-,30-,31-,32+,33+,34-,35+,36-,38-,39-/m0/s1. The van der Waals surface area contributed by atoms with Crippen LogP contribution in [-0.2, 0) is 23.7 Å². The first-order valence-electron chi connectivity index (χ1n) is 18.6. The Morgan fingerprint density at radius 3 is 2.22 bits per heavy atom. The Morgan fingerprint density at radius 1 is 0.900 bits per heavy atom. The summed E-state index contributed by atoms with van der Waals surface area (Å²) in [6.07, 6.45) is 8.81. The van der Waals surface area contributed by atoms with Crippen LogP contribution in [0.1, 0.15) is 99.3 Å². The minimum Gasteiger partial charge on any atom is -0.478 e. The Kier molecular flexibility index (Phi) is 19.9. The highest BCUT2D eigenvalue weighted by molar-refractivity contribution is 5.80. The molecule has 0 aromatic rings. The number of carboxylic acid groups (broad SMARTS) is 1. The first kappa shape index (κ1) is 44.5. The molecular formula is C39H68O11. The Hall–Kier alpha value is -1.67. The molecule has 0 spiro atoms. The van der Waals surface area contributed by atoms with Crippen LogP contribution in [0.2, 0.25) is 0 Å². The van der Waals surface area contributed by atoms with E-state index in [4.69, 9.17) is 24.1 Å². The lowest BCUT2D eigenvalue weighted by molar-refractivity contribution is -0.131. The summed E-state index contributed by atoms with van der Waals surface area (Å²) in [5, 5.41) is 63.8. The summed E-state index contributed by atoms with van der Waals surface area (Å²) in [5.74, 6) is -2.50. The molecule has 6 N–H and O–H groups in total. The molecule has 0 aliphatic carbocycles. The monoisotopic (exact) mass is 712 g/mol. The van der Waals surface area contributed by atoms with Crippen LogP contribution in [-0.4, -0.2) is 118 Å². The van der Waals surface area contributed by atoms with Crippen molar-refractivity contribution in [2.24, 2.45) is 23.7 Å². The maximum absolute atomic E-state index is 11.2. The van der Waals surface area contributed by atoms with Crippen LogP contribution in [0.4, 0.5) is 0 Å². The lowest BCUT2D eigenvalue weighted by atomic mass is 9.79. The molecular weight excluding hydrogens is 644 g/mol. The fourth-order valence-electron chi connectivity index (χ4n) is 7.31. The number of ether oxygens (including phenoxy) is 4. The van der Waals surface area contributed by atoms with E-state index >= 15 is 0 Å². The third kappa shape index (κ3) is 15.1. The molecule has 2 rings (SSSR count). The molecule has 0 unspecified atom stereocenters. The summed E-state index contributed by atoms with van der Waals surface area (Å²) >= 11 is 0. The molecule has 2 aliphatic rings. The van der Waals surface area contributed by atoms with Crippen molar-refractivity contribution < 1.29 is 54.4 Å². The second kappa shape index (κ2) is 22.4. The van der Waals surface area contributed by atoms with E-state index in [0.29, 0.717) is 25.7 Å². The fraction of sp³-hybridized carbons (Fsp3) is 0.821. The minimum absolute atomic E-state index is 0.0460. The maximum Gasteiger partial charge on any atom is 0.328 e. The molecule has 15 atom stereocenters. The third-order valence-corrected chi connectivity index (χ3v) is 10.9. The van der Waals surface area contributed by atoms with Crippen LogP contribution in [0.25, 0.3) is 0 Å². The lowest BCUT2D eigenvalue weighted by Gasteiger charge is -2.37. The molecule has 290 valence electrons. The first-order valence-corrected chi connectivity index (χ1v) is 18.6. The van der Waals surface area contributed by atoms with E-state index in [0.717, 1.165) is 37.3 Å². The van der Waals surface area contributed by atoms with E-state index in [1.165, 1.54) is 6.08 Å². The van der Waals surface area contributed by atoms with Crippen molar-refractivity contribution in [2.75, 3.05) is 14.2 Å². The minimum atomic E-state index is -1.02. The van der Waals surface area contributed by atoms with Crippen LogP contribution < -0.4 is 0 Å². The summed E-state index contributed by atoms with van der Waals surface area (Å²) in [6, 6.07) is 0. The van der Waals surface area contributed by atoms with Gasteiger partial charge in [-0.2, -0.15) is 0 Å². The Balaban J connectivity index is 1.84. The molecule has 2 aliphatic heterocycles. The van der Waals surface area contributed by atoms with Gasteiger partial charge in [0.05, 0.1) is 67.1 Å². The van der Waals surface area contributed by atoms with Crippen molar-refractivity contribution in [3.63, 3.8) is 0 Å². The number of rotatable bonds is 22. The van der Waals surface area contributed by atoms with Crippen LogP contribution in [0.5, 0.6) is 0 Å². The van der Waals surface area contributed by atoms with Gasteiger partial charge < -0.3 is 49.6 Å². The van der Waals surface area contributed by atoms with Gasteiger partial charge in [-0.05, 0) is 64.7 Å². The van der Waals surface area contributed by atoms with E-state index in [2.05, 4.69) is 6.92 Å². The zero-order chi connectivity index (χ0) is 37.5. The Morgan fingerprint density at radius 2 is 1.58 bits per heavy atom. The SMILES string of the molecule is CO[C@H]1C[C@@H](CC[C@H](C)[C@H](O)[C@H](C)[C@@H](O)[C@@H](C)[C@H](O)C[C@H](O)[C@H](C)[C@H](C[C@@H]2CC=C[C@@H](C[C@@H](O)C/C=C(C)/C=C/C(=O)O)O2)OC)O[C@@H](C)C1. The van der Waals surface area contributed by atoms with Crippen LogP contribution in [0.3, 0.4) is 0 Å². The van der Waals surface area contributed by atoms with Crippen LogP contribution >= 0.6 is 0 Å². The van der Waals surface area contributed by atoms with Crippen molar-refractivity contribution >= 4 is 5.97 Å². The molecule has 1 saturated heterocycles. The van der Waals surface area contributed by atoms with Gasteiger partial charge in [-0.15, -0.1) is 0 Å². The number of carbonyl (C=O) groups is 1. The van der Waals surface area contributed by atoms with Gasteiger partial charge in [0.1, 0.15) is 0 Å². The number of hydrogen-bond acceptors (Lipinski definition) is 10. The number of aliphatic hydroxyl groups is 5. The molecule has 0 amide bonds. The van der Waals surface area contributed by atoms with E-state index in [9.17, 15) is 30.3 Å². The molecule has 11 heteroatoms. The topological polar surface area (TPSA) is 175 Å². The molecule has 1 fully saturated rings. The van der Waals surface area contributed by atoms with E-state index in [1.807, 2.05) is 26.0 Å². The summed E-state index contributed by atoms with van der Waals surface area (Å²) in [6.45, 7) is 11.2. The second-order valence-electron chi connectivity index (χ2n) is 15.1. The van der Waals surface area contributed by atoms with Gasteiger partial charge in [0.15, 0.2) is 0 Å². The Bertz CT molecular complexity index is 1060. The second-order valence-corrected chi connectivity index (χ2v) is 15.1. The molecule has 11 nitrogen and oxygen atoms in total. The smallest absolute Gasteiger partial charge is 0.328 e. The van der Waals surface area contributed by atoms with E-state index < -0.39 is 48.3 Å². The predicted molar refractivity (Wildman–Crippen MR) is 193 cm³/mol. The highest BCUT2D eigenvalue weighted by Gasteiger charge is 2.37. The maximum atomic E-state index is 11.2. The molecule has 50 heavy (non-hydrogen) atoms. The van der Waals surface area contributed by atoms with Crippen molar-refractivity contribution in [2.45, 2.75) is 166 Å². The quantitative estimate of drug-likeness (QED) is 0.0527. The zero-order valence-electron chi connectivity index (χ0n) is 31.6. The van der Waals surface area contributed by atoms with Gasteiger partial charge in [-0.3, -0.25) is 0 Å². The highest BCUT2D eigenvalue weighted by atomic mass is 16.5. The normalized spacial score (nSPS) is 29.5. The molecule has 0 bridgehead atoms. The van der Waals surface area contributed by atoms with E-state index in [-0.39, 0.29) is 54.9 Å². The first-order chi connectivity index (χ1) is 23.6. The molecule has 0 aromatic heterocycles. The van der Waals surface area contributed by atoms with Crippen molar-refractivity contribution in [1.82, 2.24) is 0 Å². The summed E-state index contributed by atoms with van der Waals surface area (Å²) < 4.78 is 23.7. The highest BCUT2D eigenvalue weighted by Crippen LogP contribution is 2.31. The number of methoxy groups -OCH3 is 2. The molecule has 0 radical (unpaired) electrons. The van der Waals surface area contributed by atoms with Crippen LogP contribution in [0.15, 0.2) is 36.0 Å². The predicted octanol–water partition coefficient (Wildman–Crippen LogP) is 4.57. The third-order valence-electron chi connectivity index (χ3n) is 10.9. The number of allylic oxidation sites excluding steroid dienone is 2. The van der Waals surface area contributed by atoms with Crippen LogP contribution in [0, 0.1) is 23.7 Å².